The highest BCUT2D eigenvalue weighted by atomic mass is 19.1. The largest absolute Gasteiger partial charge is 0.486 e. The number of aromatic nitrogens is 3. The van der Waals surface area contributed by atoms with Gasteiger partial charge in [0.1, 0.15) is 41.6 Å². The summed E-state index contributed by atoms with van der Waals surface area (Å²) < 4.78 is 50.5. The van der Waals surface area contributed by atoms with Gasteiger partial charge in [0.05, 0.1) is 37.0 Å². The van der Waals surface area contributed by atoms with E-state index in [-0.39, 0.29) is 43.8 Å². The van der Waals surface area contributed by atoms with E-state index in [0.717, 1.165) is 37.3 Å². The van der Waals surface area contributed by atoms with E-state index < -0.39 is 47.9 Å². The quantitative estimate of drug-likeness (QED) is 0.273. The Hall–Kier alpha value is -5.34. The molecule has 15 nitrogen and oxygen atoms in total. The molecule has 3 aromatic rings. The Bertz CT molecular complexity index is 1960. The number of amides is 2. The van der Waals surface area contributed by atoms with Crippen molar-refractivity contribution in [3.05, 3.63) is 54.4 Å². The second kappa shape index (κ2) is 18.3. The number of hydrogen-bond acceptors (Lipinski definition) is 13. The number of rotatable bonds is 6. The first-order valence-electron chi connectivity index (χ1n) is 20.0. The number of benzene rings is 2. The summed E-state index contributed by atoms with van der Waals surface area (Å²) in [5, 5.41) is 22.2. The maximum atomic E-state index is 15.0. The zero-order valence-electron chi connectivity index (χ0n) is 34.4. The van der Waals surface area contributed by atoms with Crippen molar-refractivity contribution in [2.24, 2.45) is 0 Å². The third-order valence-electron chi connectivity index (χ3n) is 10.0. The molecule has 17 heteroatoms. The number of carbonyl (C=O) groups excluding carboxylic acids is 2. The molecular weight excluding hydrogens is 767 g/mol. The van der Waals surface area contributed by atoms with E-state index in [2.05, 4.69) is 43.4 Å². The van der Waals surface area contributed by atoms with E-state index in [1.807, 2.05) is 12.1 Å². The summed E-state index contributed by atoms with van der Waals surface area (Å²) in [6.07, 6.45) is -0.789. The minimum Gasteiger partial charge on any atom is -0.486 e. The first-order chi connectivity index (χ1) is 27.9. The van der Waals surface area contributed by atoms with Gasteiger partial charge in [0.25, 0.3) is 0 Å². The molecule has 0 radical (unpaired) electrons. The van der Waals surface area contributed by atoms with Crippen LogP contribution in [0, 0.1) is 11.3 Å². The highest BCUT2D eigenvalue weighted by Crippen LogP contribution is 2.32. The second-order valence-electron chi connectivity index (χ2n) is 17.2. The van der Waals surface area contributed by atoms with Crippen LogP contribution < -0.4 is 15.0 Å². The van der Waals surface area contributed by atoms with Crippen LogP contribution in [0.1, 0.15) is 72.8 Å². The number of aliphatic hydroxyl groups excluding tert-OH is 1. The first kappa shape index (κ1) is 43.2. The predicted octanol–water partition coefficient (Wildman–Crippen LogP) is 6.57. The van der Waals surface area contributed by atoms with E-state index >= 15 is 4.39 Å². The number of halogens is 2. The molecule has 2 bridgehead atoms. The van der Waals surface area contributed by atoms with Gasteiger partial charge in [-0.25, -0.2) is 28.3 Å². The molecular formula is C42H54F2N8O7. The molecule has 318 valence electrons. The molecule has 2 N–H and O–H groups in total. The Morgan fingerprint density at radius 3 is 2.03 bits per heavy atom. The van der Waals surface area contributed by atoms with Crippen LogP contribution in [0.4, 0.5) is 35.7 Å². The number of hydrogen-bond donors (Lipinski definition) is 2. The molecule has 1 aromatic heterocycles. The van der Waals surface area contributed by atoms with Crippen LogP contribution in [0.2, 0.25) is 0 Å². The molecule has 4 saturated heterocycles. The van der Waals surface area contributed by atoms with E-state index in [9.17, 15) is 19.2 Å². The lowest BCUT2D eigenvalue weighted by molar-refractivity contribution is -0.0176. The summed E-state index contributed by atoms with van der Waals surface area (Å²) in [5.41, 5.74) is 1.58. The number of aliphatic hydroxyl groups is 1. The number of alkyl halides is 2. The molecule has 2 aromatic carbocycles. The Balaban J connectivity index is 0.000000330. The van der Waals surface area contributed by atoms with Crippen molar-refractivity contribution in [2.45, 2.75) is 115 Å². The number of ether oxygens (including phenoxy) is 4. The number of nitriles is 1. The number of carbonyl (C=O) groups is 2. The van der Waals surface area contributed by atoms with E-state index in [1.165, 1.54) is 16.1 Å². The molecule has 4 aliphatic rings. The highest BCUT2D eigenvalue weighted by Gasteiger charge is 2.36. The molecule has 0 saturated carbocycles. The van der Waals surface area contributed by atoms with Gasteiger partial charge >= 0.3 is 12.2 Å². The lowest BCUT2D eigenvalue weighted by Gasteiger charge is -2.35. The normalized spacial score (nSPS) is 24.3. The minimum atomic E-state index is -1.43. The zero-order valence-corrected chi connectivity index (χ0v) is 34.4. The van der Waals surface area contributed by atoms with Crippen LogP contribution in [0.15, 0.2) is 48.8 Å². The van der Waals surface area contributed by atoms with Crippen molar-refractivity contribution in [3.63, 3.8) is 0 Å². The number of nitrogens with zero attached hydrogens (tertiary/aromatic N) is 7. The third-order valence-corrected chi connectivity index (χ3v) is 10.0. The van der Waals surface area contributed by atoms with Crippen molar-refractivity contribution in [1.82, 2.24) is 24.8 Å². The molecule has 6 atom stereocenters. The maximum absolute atomic E-state index is 15.0. The standard InChI is InChI=1S/C32H36FN7O4.C10H18FNO3/c1-32(2,3)44-31(41)39-13-12-28(26(33)18-39)43-27-11-4-20(14-21(27)15-34)29-35-19-36-30(38-29)37-22-5-7-23(8-6-22)40-16-24-9-10-25(17-40)42-24;1-10(2,3)15-9(14)12-5-4-8(13)7(11)6-12/h4-8,11,14,19,24-26,28H,9-10,12-13,16-18H2,1-3H3,(H,35,36,37,38);7-8,13H,4-6H2,1-3H3/t24?,25?,26-,28+;7-,8+/m11/s1. The molecule has 2 unspecified atom stereocenters. The number of fused-ring (bicyclic) bond motifs is 2. The van der Waals surface area contributed by atoms with Crippen LogP contribution in [0.3, 0.4) is 0 Å². The molecule has 5 heterocycles. The van der Waals surface area contributed by atoms with Gasteiger partial charge in [0.15, 0.2) is 12.0 Å². The molecule has 0 aliphatic carbocycles. The van der Waals surface area contributed by atoms with Crippen molar-refractivity contribution in [1.29, 1.82) is 5.26 Å². The van der Waals surface area contributed by atoms with Crippen molar-refractivity contribution in [3.8, 4) is 23.2 Å². The van der Waals surface area contributed by atoms with Gasteiger partial charge in [-0.1, -0.05) is 0 Å². The predicted molar refractivity (Wildman–Crippen MR) is 215 cm³/mol. The maximum Gasteiger partial charge on any atom is 0.410 e. The van der Waals surface area contributed by atoms with Gasteiger partial charge in [-0.05, 0) is 103 Å². The highest BCUT2D eigenvalue weighted by molar-refractivity contribution is 5.69. The molecule has 2 amide bonds. The monoisotopic (exact) mass is 820 g/mol. The van der Waals surface area contributed by atoms with Gasteiger partial charge in [0, 0.05) is 49.5 Å². The Morgan fingerprint density at radius 1 is 0.847 bits per heavy atom. The SMILES string of the molecule is CC(C)(C)OC(=O)N1CC[C@H](O)[C@H](F)C1.CC(C)(C)OC(=O)N1CC[C@H](Oc2ccc(-c3ncnc(Nc4ccc(N5CC6CCC(C5)O6)cc4)n3)cc2C#N)[C@H](F)C1. The summed E-state index contributed by atoms with van der Waals surface area (Å²) in [4.78, 5) is 42.0. The lowest BCUT2D eigenvalue weighted by atomic mass is 10.1. The summed E-state index contributed by atoms with van der Waals surface area (Å²) >= 11 is 0. The fourth-order valence-corrected chi connectivity index (χ4v) is 7.12. The molecule has 4 aliphatic heterocycles. The average molecular weight is 821 g/mol. The fraction of sp³-hybridized carbons (Fsp3) is 0.571. The number of likely N-dealkylation sites (tertiary alicyclic amines) is 2. The van der Waals surface area contributed by atoms with Crippen LogP contribution in [-0.4, -0.2) is 129 Å². The van der Waals surface area contributed by atoms with E-state index in [1.54, 1.807) is 59.7 Å². The van der Waals surface area contributed by atoms with Crippen molar-refractivity contribution >= 4 is 29.5 Å². The number of nitrogens with one attached hydrogen (secondary N) is 1. The van der Waals surface area contributed by atoms with E-state index in [0.29, 0.717) is 36.1 Å². The lowest BCUT2D eigenvalue weighted by Crippen LogP contribution is -2.50. The number of anilines is 3. The number of morpholine rings is 1. The Labute approximate surface area is 343 Å². The fourth-order valence-electron chi connectivity index (χ4n) is 7.12. The molecule has 0 spiro atoms. The van der Waals surface area contributed by atoms with Crippen LogP contribution >= 0.6 is 0 Å². The Morgan fingerprint density at radius 2 is 1.46 bits per heavy atom. The topological polar surface area (TPSA) is 175 Å². The molecule has 4 fully saturated rings. The summed E-state index contributed by atoms with van der Waals surface area (Å²) in [5.74, 6) is 0.999. The van der Waals surface area contributed by atoms with Crippen LogP contribution in [0.5, 0.6) is 5.75 Å². The van der Waals surface area contributed by atoms with Gasteiger partial charge in [-0.15, -0.1) is 0 Å². The summed E-state index contributed by atoms with van der Waals surface area (Å²) in [6, 6.07) is 15.2. The average Bonchev–Trinajstić information content (AvgIpc) is 3.52. The smallest absolute Gasteiger partial charge is 0.410 e. The van der Waals surface area contributed by atoms with Gasteiger partial charge < -0.3 is 44.1 Å². The summed E-state index contributed by atoms with van der Waals surface area (Å²) in [7, 11) is 0. The van der Waals surface area contributed by atoms with Gasteiger partial charge in [-0.3, -0.25) is 0 Å². The molecule has 59 heavy (non-hydrogen) atoms. The Kier molecular flexibility index (Phi) is 13.4. The minimum absolute atomic E-state index is 0.0872. The van der Waals surface area contributed by atoms with Crippen molar-refractivity contribution in [2.75, 3.05) is 49.5 Å². The first-order valence-corrected chi connectivity index (χ1v) is 20.0. The summed E-state index contributed by atoms with van der Waals surface area (Å²) in [6.45, 7) is 12.8. The van der Waals surface area contributed by atoms with E-state index in [4.69, 9.17) is 24.1 Å². The van der Waals surface area contributed by atoms with Gasteiger partial charge in [-0.2, -0.15) is 10.2 Å². The third kappa shape index (κ3) is 11.9. The van der Waals surface area contributed by atoms with Crippen LogP contribution in [-0.2, 0) is 14.2 Å². The zero-order chi connectivity index (χ0) is 42.5. The second-order valence-corrected chi connectivity index (χ2v) is 17.2. The van der Waals surface area contributed by atoms with Crippen LogP contribution in [0.25, 0.3) is 11.4 Å². The van der Waals surface area contributed by atoms with Crippen molar-refractivity contribution < 1.29 is 42.4 Å². The van der Waals surface area contributed by atoms with Gasteiger partial charge in [0.2, 0.25) is 5.95 Å². The number of piperidine rings is 2. The molecule has 7 rings (SSSR count).